The number of rotatable bonds is 2. The third-order valence-electron chi connectivity index (χ3n) is 1.47. The predicted octanol–water partition coefficient (Wildman–Crippen LogP) is 1.59. The first-order valence-corrected chi connectivity index (χ1v) is 6.11. The van der Waals surface area contributed by atoms with Crippen molar-refractivity contribution in [3.63, 3.8) is 0 Å². The Morgan fingerprint density at radius 3 is 2.69 bits per heavy atom. The topological polar surface area (TPSA) is 47.0 Å². The highest BCUT2D eigenvalue weighted by Gasteiger charge is 2.08. The second kappa shape index (κ2) is 3.64. The van der Waals surface area contributed by atoms with E-state index in [1.54, 1.807) is 12.3 Å². The van der Waals surface area contributed by atoms with E-state index in [2.05, 4.69) is 4.98 Å². The van der Waals surface area contributed by atoms with E-state index in [1.165, 1.54) is 6.26 Å². The lowest BCUT2D eigenvalue weighted by molar-refractivity contribution is 0.601. The molecule has 72 valence electrons. The highest BCUT2D eigenvalue weighted by molar-refractivity contribution is 7.89. The van der Waals surface area contributed by atoms with Gasteiger partial charge in [-0.25, -0.2) is 13.4 Å². The molecule has 1 aromatic heterocycles. The highest BCUT2D eigenvalue weighted by Crippen LogP contribution is 2.16. The summed E-state index contributed by atoms with van der Waals surface area (Å²) in [5, 5.41) is 0.260. The summed E-state index contributed by atoms with van der Waals surface area (Å²) in [6.45, 7) is 1.84. The van der Waals surface area contributed by atoms with Crippen LogP contribution in [0.2, 0.25) is 5.15 Å². The van der Waals surface area contributed by atoms with Crippen molar-refractivity contribution in [3.05, 3.63) is 28.5 Å². The van der Waals surface area contributed by atoms with Crippen LogP contribution in [0.4, 0.5) is 0 Å². The fourth-order valence-corrected chi connectivity index (χ4v) is 2.03. The van der Waals surface area contributed by atoms with Crippen LogP contribution < -0.4 is 0 Å². The van der Waals surface area contributed by atoms with E-state index in [4.69, 9.17) is 11.6 Å². The zero-order valence-corrected chi connectivity index (χ0v) is 8.98. The molecule has 0 spiro atoms. The maximum atomic E-state index is 11.0. The van der Waals surface area contributed by atoms with Crippen molar-refractivity contribution in [2.75, 3.05) is 6.26 Å². The smallest absolute Gasteiger partial charge is 0.151 e. The van der Waals surface area contributed by atoms with Gasteiger partial charge in [-0.05, 0) is 12.5 Å². The van der Waals surface area contributed by atoms with Gasteiger partial charge in [0, 0.05) is 18.0 Å². The fourth-order valence-electron chi connectivity index (χ4n) is 0.997. The SMILES string of the molecule is Cc1cnc(Cl)c(CS(C)(=O)=O)c1. The molecule has 0 radical (unpaired) electrons. The second-order valence-electron chi connectivity index (χ2n) is 3.03. The minimum Gasteiger partial charge on any atom is -0.244 e. The first-order valence-electron chi connectivity index (χ1n) is 3.67. The highest BCUT2D eigenvalue weighted by atomic mass is 35.5. The van der Waals surface area contributed by atoms with E-state index in [1.807, 2.05) is 6.92 Å². The van der Waals surface area contributed by atoms with E-state index in [0.717, 1.165) is 5.56 Å². The molecule has 0 amide bonds. The van der Waals surface area contributed by atoms with Gasteiger partial charge in [-0.3, -0.25) is 0 Å². The molecule has 0 atom stereocenters. The van der Waals surface area contributed by atoms with Gasteiger partial charge in [0.15, 0.2) is 9.84 Å². The molecule has 13 heavy (non-hydrogen) atoms. The maximum absolute atomic E-state index is 11.0. The molecule has 0 aliphatic carbocycles. The number of aryl methyl sites for hydroxylation is 1. The number of halogens is 1. The standard InChI is InChI=1S/C8H10ClNO2S/c1-6-3-7(5-13(2,11)12)8(9)10-4-6/h3-4H,5H2,1-2H3. The van der Waals surface area contributed by atoms with Gasteiger partial charge in [0.1, 0.15) is 5.15 Å². The monoisotopic (exact) mass is 219 g/mol. The van der Waals surface area contributed by atoms with Crippen molar-refractivity contribution < 1.29 is 8.42 Å². The summed E-state index contributed by atoms with van der Waals surface area (Å²) < 4.78 is 22.0. The molecule has 3 nitrogen and oxygen atoms in total. The van der Waals surface area contributed by atoms with Crippen LogP contribution >= 0.6 is 11.6 Å². The minimum absolute atomic E-state index is 0.0550. The second-order valence-corrected chi connectivity index (χ2v) is 5.53. The quantitative estimate of drug-likeness (QED) is 0.710. The largest absolute Gasteiger partial charge is 0.244 e. The normalized spacial score (nSPS) is 11.6. The maximum Gasteiger partial charge on any atom is 0.151 e. The van der Waals surface area contributed by atoms with E-state index < -0.39 is 9.84 Å². The van der Waals surface area contributed by atoms with Gasteiger partial charge in [-0.1, -0.05) is 17.7 Å². The Hall–Kier alpha value is -0.610. The Balaban J connectivity index is 3.08. The molecule has 0 saturated carbocycles. The van der Waals surface area contributed by atoms with Crippen LogP contribution in [0, 0.1) is 6.92 Å². The van der Waals surface area contributed by atoms with E-state index in [0.29, 0.717) is 5.56 Å². The summed E-state index contributed by atoms with van der Waals surface area (Å²) in [5.74, 6) is -0.0550. The van der Waals surface area contributed by atoms with Crippen molar-refractivity contribution in [1.82, 2.24) is 4.98 Å². The van der Waals surface area contributed by atoms with Crippen molar-refractivity contribution in [2.24, 2.45) is 0 Å². The lowest BCUT2D eigenvalue weighted by Crippen LogP contribution is -2.02. The summed E-state index contributed by atoms with van der Waals surface area (Å²) in [6.07, 6.45) is 2.78. The van der Waals surface area contributed by atoms with Crippen LogP contribution in [0.3, 0.4) is 0 Å². The zero-order valence-electron chi connectivity index (χ0n) is 7.41. The Morgan fingerprint density at radius 1 is 1.54 bits per heavy atom. The summed E-state index contributed by atoms with van der Waals surface area (Å²) in [7, 11) is -3.04. The van der Waals surface area contributed by atoms with Gasteiger partial charge in [-0.2, -0.15) is 0 Å². The summed E-state index contributed by atoms with van der Waals surface area (Å²) in [5.41, 5.74) is 1.47. The van der Waals surface area contributed by atoms with Crippen LogP contribution in [0.5, 0.6) is 0 Å². The number of sulfone groups is 1. The van der Waals surface area contributed by atoms with Gasteiger partial charge in [0.05, 0.1) is 5.75 Å². The third kappa shape index (κ3) is 3.32. The van der Waals surface area contributed by atoms with Crippen LogP contribution in [0.1, 0.15) is 11.1 Å². The molecule has 0 bridgehead atoms. The molecular weight excluding hydrogens is 210 g/mol. The third-order valence-corrected chi connectivity index (χ3v) is 2.64. The Bertz CT molecular complexity index is 414. The molecular formula is C8H10ClNO2S. The molecule has 0 saturated heterocycles. The number of hydrogen-bond acceptors (Lipinski definition) is 3. The average Bonchev–Trinajstić information content (AvgIpc) is 1.94. The van der Waals surface area contributed by atoms with Gasteiger partial charge in [0.25, 0.3) is 0 Å². The van der Waals surface area contributed by atoms with E-state index in [9.17, 15) is 8.42 Å². The first kappa shape index (κ1) is 10.5. The molecule has 0 unspecified atom stereocenters. The van der Waals surface area contributed by atoms with Crippen LogP contribution in [-0.4, -0.2) is 19.7 Å². The molecule has 0 fully saturated rings. The molecule has 1 aromatic rings. The number of hydrogen-bond donors (Lipinski definition) is 0. The Morgan fingerprint density at radius 2 is 2.15 bits per heavy atom. The molecule has 0 aliphatic rings. The van der Waals surface area contributed by atoms with Crippen LogP contribution in [0.25, 0.3) is 0 Å². The predicted molar refractivity (Wildman–Crippen MR) is 52.5 cm³/mol. The summed E-state index contributed by atoms with van der Waals surface area (Å²) in [6, 6.07) is 1.73. The molecule has 1 rings (SSSR count). The van der Waals surface area contributed by atoms with Gasteiger partial charge < -0.3 is 0 Å². The molecule has 0 aromatic carbocycles. The average molecular weight is 220 g/mol. The number of nitrogens with zero attached hydrogens (tertiary/aromatic N) is 1. The summed E-state index contributed by atoms with van der Waals surface area (Å²) >= 11 is 5.73. The molecule has 5 heteroatoms. The molecule has 0 N–H and O–H groups in total. The van der Waals surface area contributed by atoms with E-state index in [-0.39, 0.29) is 10.9 Å². The first-order chi connectivity index (χ1) is 5.88. The lowest BCUT2D eigenvalue weighted by Gasteiger charge is -2.02. The minimum atomic E-state index is -3.04. The van der Waals surface area contributed by atoms with Crippen LogP contribution in [0.15, 0.2) is 12.3 Å². The number of aromatic nitrogens is 1. The van der Waals surface area contributed by atoms with E-state index >= 15 is 0 Å². The van der Waals surface area contributed by atoms with Gasteiger partial charge >= 0.3 is 0 Å². The lowest BCUT2D eigenvalue weighted by atomic mass is 10.2. The molecule has 1 heterocycles. The van der Waals surface area contributed by atoms with Crippen molar-refractivity contribution >= 4 is 21.4 Å². The van der Waals surface area contributed by atoms with Gasteiger partial charge in [0.2, 0.25) is 0 Å². The van der Waals surface area contributed by atoms with Gasteiger partial charge in [-0.15, -0.1) is 0 Å². The fraction of sp³-hybridized carbons (Fsp3) is 0.375. The van der Waals surface area contributed by atoms with Crippen molar-refractivity contribution in [3.8, 4) is 0 Å². The number of pyridine rings is 1. The Kier molecular flexibility index (Phi) is 2.93. The Labute approximate surface area is 82.7 Å². The van der Waals surface area contributed by atoms with Crippen molar-refractivity contribution in [1.29, 1.82) is 0 Å². The van der Waals surface area contributed by atoms with Crippen molar-refractivity contribution in [2.45, 2.75) is 12.7 Å². The summed E-state index contributed by atoms with van der Waals surface area (Å²) in [4.78, 5) is 3.86. The zero-order chi connectivity index (χ0) is 10.1. The van der Waals surface area contributed by atoms with Crippen LogP contribution in [-0.2, 0) is 15.6 Å². The molecule has 0 aliphatic heterocycles.